The molecular formula is C15H10Br6O2. The van der Waals surface area contributed by atoms with Crippen LogP contribution in [0.5, 0.6) is 11.5 Å². The predicted molar refractivity (Wildman–Crippen MR) is 115 cm³/mol. The van der Waals surface area contributed by atoms with E-state index < -0.39 is 0 Å². The molecule has 0 saturated heterocycles. The van der Waals surface area contributed by atoms with Crippen molar-refractivity contribution in [3.63, 3.8) is 0 Å². The predicted octanol–water partition coefficient (Wildman–Crippen LogP) is 8.11. The maximum absolute atomic E-state index is 5.98. The molecule has 0 heterocycles. The lowest BCUT2D eigenvalue weighted by Crippen LogP contribution is -2.21. The Bertz CT molecular complexity index is 673. The Morgan fingerprint density at radius 3 is 1.57 bits per heavy atom. The first-order chi connectivity index (χ1) is 10.8. The first-order valence-electron chi connectivity index (χ1n) is 6.36. The van der Waals surface area contributed by atoms with E-state index in [0.29, 0.717) is 6.61 Å². The second kappa shape index (κ2) is 9.03. The normalized spacial score (nSPS) is 12.1. The Balaban J connectivity index is 2.05. The van der Waals surface area contributed by atoms with Gasteiger partial charge in [-0.05, 0) is 94.9 Å². The van der Waals surface area contributed by atoms with Gasteiger partial charge in [0.2, 0.25) is 0 Å². The van der Waals surface area contributed by atoms with Crippen molar-refractivity contribution in [2.45, 2.75) is 13.0 Å². The van der Waals surface area contributed by atoms with Gasteiger partial charge in [0.05, 0.1) is 17.9 Å². The van der Waals surface area contributed by atoms with Crippen molar-refractivity contribution in [1.29, 1.82) is 0 Å². The van der Waals surface area contributed by atoms with E-state index in [9.17, 15) is 0 Å². The highest BCUT2D eigenvalue weighted by Gasteiger charge is 2.15. The molecule has 0 aliphatic heterocycles. The van der Waals surface area contributed by atoms with Crippen LogP contribution in [0.3, 0.4) is 0 Å². The van der Waals surface area contributed by atoms with Gasteiger partial charge in [-0.15, -0.1) is 0 Å². The highest BCUT2D eigenvalue weighted by atomic mass is 79.9. The fraction of sp³-hybridized carbons (Fsp3) is 0.200. The molecule has 2 rings (SSSR count). The summed E-state index contributed by atoms with van der Waals surface area (Å²) in [6.45, 7) is 2.37. The van der Waals surface area contributed by atoms with E-state index in [1.165, 1.54) is 0 Å². The number of rotatable bonds is 5. The minimum Gasteiger partial charge on any atom is -0.487 e. The van der Waals surface area contributed by atoms with Crippen molar-refractivity contribution in [3.05, 3.63) is 51.1 Å². The number of hydrogen-bond acceptors (Lipinski definition) is 2. The van der Waals surface area contributed by atoms with E-state index in [1.807, 2.05) is 31.2 Å². The van der Waals surface area contributed by atoms with Crippen LogP contribution in [0.2, 0.25) is 0 Å². The zero-order valence-electron chi connectivity index (χ0n) is 11.7. The SMILES string of the molecule is CC(COc1c(Br)cc(Br)cc1Br)Oc1c(Br)cc(Br)cc1Br. The first-order valence-corrected chi connectivity index (χ1v) is 11.1. The van der Waals surface area contributed by atoms with Crippen molar-refractivity contribution in [3.8, 4) is 11.5 Å². The van der Waals surface area contributed by atoms with Crippen LogP contribution in [0.25, 0.3) is 0 Å². The quantitative estimate of drug-likeness (QED) is 0.314. The third-order valence-corrected chi connectivity index (χ3v) is 5.98. The van der Waals surface area contributed by atoms with Crippen LogP contribution >= 0.6 is 95.6 Å². The molecule has 0 spiro atoms. The van der Waals surface area contributed by atoms with E-state index >= 15 is 0 Å². The highest BCUT2D eigenvalue weighted by Crippen LogP contribution is 2.38. The molecule has 0 saturated carbocycles. The molecule has 0 fully saturated rings. The van der Waals surface area contributed by atoms with E-state index in [4.69, 9.17) is 9.47 Å². The Morgan fingerprint density at radius 2 is 1.13 bits per heavy atom. The largest absolute Gasteiger partial charge is 0.487 e. The Kier molecular flexibility index (Phi) is 7.95. The zero-order chi connectivity index (χ0) is 17.1. The smallest absolute Gasteiger partial charge is 0.148 e. The van der Waals surface area contributed by atoms with Gasteiger partial charge in [0, 0.05) is 8.95 Å². The average Bonchev–Trinajstić information content (AvgIpc) is 2.41. The van der Waals surface area contributed by atoms with E-state index in [-0.39, 0.29) is 6.10 Å². The van der Waals surface area contributed by atoms with Crippen LogP contribution in [0.15, 0.2) is 51.1 Å². The summed E-state index contributed by atoms with van der Waals surface area (Å²) in [6.07, 6.45) is -0.133. The topological polar surface area (TPSA) is 18.5 Å². The molecule has 1 atom stereocenters. The third kappa shape index (κ3) is 5.71. The summed E-state index contributed by atoms with van der Waals surface area (Å²) in [5.41, 5.74) is 0. The molecule has 8 heteroatoms. The van der Waals surface area contributed by atoms with Gasteiger partial charge in [0.1, 0.15) is 24.2 Å². The lowest BCUT2D eigenvalue weighted by atomic mass is 10.3. The van der Waals surface area contributed by atoms with Crippen molar-refractivity contribution in [2.24, 2.45) is 0 Å². The fourth-order valence-corrected chi connectivity index (χ4v) is 6.68. The van der Waals surface area contributed by atoms with Crippen LogP contribution in [0.1, 0.15) is 6.92 Å². The van der Waals surface area contributed by atoms with Gasteiger partial charge in [-0.2, -0.15) is 0 Å². The fourth-order valence-electron chi connectivity index (χ4n) is 1.74. The first kappa shape index (κ1) is 20.2. The molecule has 0 amide bonds. The van der Waals surface area contributed by atoms with E-state index in [1.54, 1.807) is 0 Å². The van der Waals surface area contributed by atoms with Gasteiger partial charge in [-0.25, -0.2) is 0 Å². The van der Waals surface area contributed by atoms with Crippen molar-refractivity contribution in [2.75, 3.05) is 6.61 Å². The maximum atomic E-state index is 5.98. The summed E-state index contributed by atoms with van der Waals surface area (Å²) >= 11 is 20.9. The molecule has 124 valence electrons. The molecule has 0 aromatic heterocycles. The zero-order valence-corrected chi connectivity index (χ0v) is 21.2. The molecule has 2 aromatic carbocycles. The Labute approximate surface area is 185 Å². The molecule has 0 radical (unpaired) electrons. The Hall–Kier alpha value is 0.920. The summed E-state index contributed by atoms with van der Waals surface area (Å²) < 4.78 is 17.3. The lowest BCUT2D eigenvalue weighted by Gasteiger charge is -2.19. The van der Waals surface area contributed by atoms with Crippen LogP contribution in [-0.4, -0.2) is 12.7 Å². The second-order valence-corrected chi connectivity index (χ2v) is 9.89. The molecule has 0 aliphatic carbocycles. The molecule has 2 nitrogen and oxygen atoms in total. The molecule has 0 N–H and O–H groups in total. The maximum Gasteiger partial charge on any atom is 0.148 e. The summed E-state index contributed by atoms with van der Waals surface area (Å²) in [5.74, 6) is 1.50. The standard InChI is InChI=1S/C15H10Br6O2/c1-7(23-15-12(20)4-9(17)5-13(15)21)6-22-14-10(18)2-8(16)3-11(14)19/h2-5,7H,6H2,1H3. The highest BCUT2D eigenvalue weighted by molar-refractivity contribution is 9.12. The van der Waals surface area contributed by atoms with Crippen molar-refractivity contribution >= 4 is 95.6 Å². The van der Waals surface area contributed by atoms with E-state index in [0.717, 1.165) is 38.3 Å². The van der Waals surface area contributed by atoms with Gasteiger partial charge in [-0.1, -0.05) is 31.9 Å². The molecule has 2 aromatic rings. The average molecular weight is 702 g/mol. The van der Waals surface area contributed by atoms with Crippen molar-refractivity contribution in [1.82, 2.24) is 0 Å². The molecular weight excluding hydrogens is 692 g/mol. The lowest BCUT2D eigenvalue weighted by molar-refractivity contribution is 0.140. The summed E-state index contributed by atoms with van der Waals surface area (Å²) in [4.78, 5) is 0. The summed E-state index contributed by atoms with van der Waals surface area (Å²) in [7, 11) is 0. The van der Waals surface area contributed by atoms with Crippen LogP contribution in [-0.2, 0) is 0 Å². The van der Waals surface area contributed by atoms with Gasteiger partial charge < -0.3 is 9.47 Å². The summed E-state index contributed by atoms with van der Waals surface area (Å²) in [6, 6.07) is 7.76. The molecule has 1 unspecified atom stereocenters. The molecule has 0 aliphatic rings. The van der Waals surface area contributed by atoms with Crippen LogP contribution in [0.4, 0.5) is 0 Å². The van der Waals surface area contributed by atoms with Crippen LogP contribution in [0, 0.1) is 0 Å². The minimum absolute atomic E-state index is 0.133. The number of hydrogen-bond donors (Lipinski definition) is 0. The van der Waals surface area contributed by atoms with Gasteiger partial charge in [0.25, 0.3) is 0 Å². The van der Waals surface area contributed by atoms with Crippen molar-refractivity contribution < 1.29 is 9.47 Å². The number of benzene rings is 2. The monoisotopic (exact) mass is 696 g/mol. The van der Waals surface area contributed by atoms with E-state index in [2.05, 4.69) is 95.6 Å². The summed E-state index contributed by atoms with van der Waals surface area (Å²) in [5, 5.41) is 0. The minimum atomic E-state index is -0.133. The van der Waals surface area contributed by atoms with Gasteiger partial charge >= 0.3 is 0 Å². The van der Waals surface area contributed by atoms with Gasteiger partial charge in [0.15, 0.2) is 0 Å². The third-order valence-electron chi connectivity index (χ3n) is 2.71. The Morgan fingerprint density at radius 1 is 0.739 bits per heavy atom. The number of ether oxygens (including phenoxy) is 2. The van der Waals surface area contributed by atoms with Gasteiger partial charge in [-0.3, -0.25) is 0 Å². The van der Waals surface area contributed by atoms with Crippen LogP contribution < -0.4 is 9.47 Å². The second-order valence-electron chi connectivity index (χ2n) is 4.64. The molecule has 0 bridgehead atoms. The number of halogens is 6. The molecule has 23 heavy (non-hydrogen) atoms.